The Bertz CT molecular complexity index is 501. The molecule has 2 aromatic heterocycles. The Labute approximate surface area is 93.5 Å². The monoisotopic (exact) mass is 218 g/mol. The number of hydrogen-bond acceptors (Lipinski definition) is 3. The first-order valence-corrected chi connectivity index (χ1v) is 5.62. The summed E-state index contributed by atoms with van der Waals surface area (Å²) in [4.78, 5) is 4.39. The summed E-state index contributed by atoms with van der Waals surface area (Å²) in [6.07, 6.45) is 6.89. The molecule has 0 aliphatic carbocycles. The molecule has 4 nitrogen and oxygen atoms in total. The SMILES string of the molecule is Oc1ccc2cnc(C3CCCCO3)n2c1. The second-order valence-electron chi connectivity index (χ2n) is 4.15. The van der Waals surface area contributed by atoms with E-state index in [1.54, 1.807) is 12.3 Å². The summed E-state index contributed by atoms with van der Waals surface area (Å²) >= 11 is 0. The van der Waals surface area contributed by atoms with Gasteiger partial charge in [0.05, 0.1) is 17.9 Å². The lowest BCUT2D eigenvalue weighted by atomic mass is 10.1. The summed E-state index contributed by atoms with van der Waals surface area (Å²) in [7, 11) is 0. The largest absolute Gasteiger partial charge is 0.506 e. The minimum atomic E-state index is 0.0676. The maximum absolute atomic E-state index is 9.48. The Morgan fingerprint density at radius 3 is 3.12 bits per heavy atom. The summed E-state index contributed by atoms with van der Waals surface area (Å²) < 4.78 is 7.61. The van der Waals surface area contributed by atoms with E-state index in [2.05, 4.69) is 4.98 Å². The van der Waals surface area contributed by atoms with Crippen molar-refractivity contribution < 1.29 is 9.84 Å². The van der Waals surface area contributed by atoms with Crippen molar-refractivity contribution in [2.24, 2.45) is 0 Å². The van der Waals surface area contributed by atoms with Crippen LogP contribution in [0.1, 0.15) is 31.2 Å². The Hall–Kier alpha value is -1.55. The highest BCUT2D eigenvalue weighted by Crippen LogP contribution is 2.28. The average molecular weight is 218 g/mol. The van der Waals surface area contributed by atoms with Crippen molar-refractivity contribution in [3.63, 3.8) is 0 Å². The number of aromatic hydroxyl groups is 1. The molecule has 0 saturated carbocycles. The van der Waals surface area contributed by atoms with Gasteiger partial charge in [-0.1, -0.05) is 0 Å². The second-order valence-corrected chi connectivity index (χ2v) is 4.15. The van der Waals surface area contributed by atoms with E-state index >= 15 is 0 Å². The lowest BCUT2D eigenvalue weighted by Gasteiger charge is -2.21. The zero-order valence-corrected chi connectivity index (χ0v) is 8.97. The Balaban J connectivity index is 2.05. The number of rotatable bonds is 1. The summed E-state index contributed by atoms with van der Waals surface area (Å²) in [6.45, 7) is 0.804. The van der Waals surface area contributed by atoms with Gasteiger partial charge < -0.3 is 9.84 Å². The topological polar surface area (TPSA) is 46.8 Å². The highest BCUT2D eigenvalue weighted by Gasteiger charge is 2.20. The van der Waals surface area contributed by atoms with E-state index in [0.29, 0.717) is 0 Å². The van der Waals surface area contributed by atoms with Crippen LogP contribution in [0.4, 0.5) is 0 Å². The van der Waals surface area contributed by atoms with Crippen molar-refractivity contribution >= 4 is 5.52 Å². The highest BCUT2D eigenvalue weighted by atomic mass is 16.5. The Morgan fingerprint density at radius 1 is 1.38 bits per heavy atom. The number of nitrogens with zero attached hydrogens (tertiary/aromatic N) is 2. The maximum atomic E-state index is 9.48. The van der Waals surface area contributed by atoms with Crippen molar-refractivity contribution in [1.29, 1.82) is 0 Å². The van der Waals surface area contributed by atoms with Gasteiger partial charge in [-0.05, 0) is 31.4 Å². The molecule has 16 heavy (non-hydrogen) atoms. The van der Waals surface area contributed by atoms with Crippen molar-refractivity contribution in [2.75, 3.05) is 6.61 Å². The average Bonchev–Trinajstić information content (AvgIpc) is 2.73. The molecule has 1 saturated heterocycles. The van der Waals surface area contributed by atoms with E-state index in [-0.39, 0.29) is 11.9 Å². The van der Waals surface area contributed by atoms with Crippen LogP contribution in [0.5, 0.6) is 5.75 Å². The molecule has 0 spiro atoms. The molecule has 0 bridgehead atoms. The third-order valence-electron chi connectivity index (χ3n) is 3.01. The minimum absolute atomic E-state index is 0.0676. The van der Waals surface area contributed by atoms with Crippen LogP contribution >= 0.6 is 0 Å². The molecule has 1 unspecified atom stereocenters. The van der Waals surface area contributed by atoms with E-state index < -0.39 is 0 Å². The molecular formula is C12H14N2O2. The number of ether oxygens (including phenoxy) is 1. The zero-order valence-electron chi connectivity index (χ0n) is 8.97. The van der Waals surface area contributed by atoms with Crippen LogP contribution in [0.2, 0.25) is 0 Å². The van der Waals surface area contributed by atoms with E-state index in [4.69, 9.17) is 4.74 Å². The molecular weight excluding hydrogens is 204 g/mol. The van der Waals surface area contributed by atoms with Gasteiger partial charge in [-0.15, -0.1) is 0 Å². The molecule has 0 amide bonds. The molecule has 0 radical (unpaired) electrons. The van der Waals surface area contributed by atoms with Gasteiger partial charge in [-0.2, -0.15) is 0 Å². The molecule has 1 fully saturated rings. The zero-order chi connectivity index (χ0) is 11.0. The fourth-order valence-corrected chi connectivity index (χ4v) is 2.18. The fraction of sp³-hybridized carbons (Fsp3) is 0.417. The smallest absolute Gasteiger partial charge is 0.142 e. The predicted molar refractivity (Wildman–Crippen MR) is 59.4 cm³/mol. The van der Waals surface area contributed by atoms with Gasteiger partial charge in [0.25, 0.3) is 0 Å². The molecule has 1 atom stereocenters. The quantitative estimate of drug-likeness (QED) is 0.798. The van der Waals surface area contributed by atoms with Crippen molar-refractivity contribution in [1.82, 2.24) is 9.38 Å². The third-order valence-corrected chi connectivity index (χ3v) is 3.01. The van der Waals surface area contributed by atoms with Crippen LogP contribution in [0.3, 0.4) is 0 Å². The van der Waals surface area contributed by atoms with Crippen LogP contribution in [-0.2, 0) is 4.74 Å². The predicted octanol–water partition coefficient (Wildman–Crippen LogP) is 2.28. The molecule has 2 aromatic rings. The second kappa shape index (κ2) is 3.79. The molecule has 84 valence electrons. The normalized spacial score (nSPS) is 21.4. The summed E-state index contributed by atoms with van der Waals surface area (Å²) in [6, 6.07) is 3.52. The Morgan fingerprint density at radius 2 is 2.31 bits per heavy atom. The van der Waals surface area contributed by atoms with Gasteiger partial charge in [0, 0.05) is 6.61 Å². The van der Waals surface area contributed by atoms with E-state index in [1.165, 1.54) is 6.42 Å². The minimum Gasteiger partial charge on any atom is -0.506 e. The molecule has 4 heteroatoms. The summed E-state index contributed by atoms with van der Waals surface area (Å²) in [5.41, 5.74) is 0.988. The first-order chi connectivity index (χ1) is 7.84. The van der Waals surface area contributed by atoms with Crippen LogP contribution in [0, 0.1) is 0 Å². The molecule has 1 N–H and O–H groups in total. The number of fused-ring (bicyclic) bond motifs is 1. The van der Waals surface area contributed by atoms with E-state index in [9.17, 15) is 5.11 Å². The molecule has 3 heterocycles. The summed E-state index contributed by atoms with van der Waals surface area (Å²) in [5, 5.41) is 9.48. The number of aromatic nitrogens is 2. The molecule has 3 rings (SSSR count). The van der Waals surface area contributed by atoms with Gasteiger partial charge in [-0.25, -0.2) is 4.98 Å². The molecule has 1 aliphatic rings. The lowest BCUT2D eigenvalue weighted by molar-refractivity contribution is 0.00914. The first-order valence-electron chi connectivity index (χ1n) is 5.62. The van der Waals surface area contributed by atoms with E-state index in [0.717, 1.165) is 30.8 Å². The third kappa shape index (κ3) is 1.55. The van der Waals surface area contributed by atoms with Gasteiger partial charge in [0.15, 0.2) is 0 Å². The van der Waals surface area contributed by atoms with Crippen molar-refractivity contribution in [3.8, 4) is 5.75 Å². The van der Waals surface area contributed by atoms with Gasteiger partial charge in [0.1, 0.15) is 17.7 Å². The standard InChI is InChI=1S/C12H14N2O2/c15-10-5-4-9-7-13-12(14(9)8-10)11-3-1-2-6-16-11/h4-5,7-8,11,15H,1-3,6H2. The number of hydrogen-bond donors (Lipinski definition) is 1. The van der Waals surface area contributed by atoms with Crippen LogP contribution in [-0.4, -0.2) is 21.1 Å². The number of pyridine rings is 1. The Kier molecular flexibility index (Phi) is 2.29. The van der Waals surface area contributed by atoms with E-state index in [1.807, 2.05) is 16.7 Å². The highest BCUT2D eigenvalue weighted by molar-refractivity contribution is 5.48. The van der Waals surface area contributed by atoms with Crippen molar-refractivity contribution in [3.05, 3.63) is 30.4 Å². The van der Waals surface area contributed by atoms with Crippen LogP contribution in [0.15, 0.2) is 24.5 Å². The van der Waals surface area contributed by atoms with Gasteiger partial charge in [-0.3, -0.25) is 4.40 Å². The summed E-state index contributed by atoms with van der Waals surface area (Å²) in [5.74, 6) is 1.15. The maximum Gasteiger partial charge on any atom is 0.142 e. The van der Waals surface area contributed by atoms with Crippen LogP contribution in [0.25, 0.3) is 5.52 Å². The van der Waals surface area contributed by atoms with Crippen LogP contribution < -0.4 is 0 Å². The molecule has 0 aromatic carbocycles. The van der Waals surface area contributed by atoms with Gasteiger partial charge >= 0.3 is 0 Å². The lowest BCUT2D eigenvalue weighted by Crippen LogP contribution is -2.14. The van der Waals surface area contributed by atoms with Gasteiger partial charge in [0.2, 0.25) is 0 Å². The molecule has 1 aliphatic heterocycles. The fourth-order valence-electron chi connectivity index (χ4n) is 2.18. The van der Waals surface area contributed by atoms with Crippen molar-refractivity contribution in [2.45, 2.75) is 25.4 Å². The first kappa shape index (κ1) is 9.66. The number of imidazole rings is 1.